The molecule has 0 aromatic heterocycles. The van der Waals surface area contributed by atoms with Crippen LogP contribution in [0.3, 0.4) is 0 Å². The third-order valence-electron chi connectivity index (χ3n) is 3.97. The Kier molecular flexibility index (Phi) is 6.04. The predicted molar refractivity (Wildman–Crippen MR) is 68.2 cm³/mol. The zero-order chi connectivity index (χ0) is 12.0. The van der Waals surface area contributed by atoms with Crippen LogP contribution in [0, 0.1) is 11.8 Å². The number of rotatable bonds is 6. The van der Waals surface area contributed by atoms with Gasteiger partial charge in [-0.3, -0.25) is 4.79 Å². The van der Waals surface area contributed by atoms with E-state index in [2.05, 4.69) is 13.8 Å². The normalized spacial score (nSPS) is 27.7. The molecule has 0 aliphatic heterocycles. The third kappa shape index (κ3) is 3.89. The Labute approximate surface area is 100.0 Å². The standard InChI is InChI=1S/C14H27NO/c1-3-7-12(15)10-14(16)13-9-6-5-8-11(13)4-2/h11-13H,3-10,15H2,1-2H3. The highest BCUT2D eigenvalue weighted by atomic mass is 16.1. The molecular weight excluding hydrogens is 198 g/mol. The summed E-state index contributed by atoms with van der Waals surface area (Å²) in [6.45, 7) is 4.34. The molecule has 2 nitrogen and oxygen atoms in total. The van der Waals surface area contributed by atoms with Gasteiger partial charge >= 0.3 is 0 Å². The summed E-state index contributed by atoms with van der Waals surface area (Å²) >= 11 is 0. The Bertz CT molecular complexity index is 215. The molecule has 1 rings (SSSR count). The summed E-state index contributed by atoms with van der Waals surface area (Å²) in [5.74, 6) is 1.39. The van der Waals surface area contributed by atoms with Crippen LogP contribution in [0.5, 0.6) is 0 Å². The minimum atomic E-state index is 0.0944. The van der Waals surface area contributed by atoms with E-state index in [1.54, 1.807) is 0 Å². The zero-order valence-electron chi connectivity index (χ0n) is 10.9. The summed E-state index contributed by atoms with van der Waals surface area (Å²) in [6.07, 6.45) is 8.71. The second-order valence-electron chi connectivity index (χ2n) is 5.28. The molecule has 0 aromatic rings. The van der Waals surface area contributed by atoms with Crippen LogP contribution in [0.2, 0.25) is 0 Å². The van der Waals surface area contributed by atoms with E-state index in [4.69, 9.17) is 5.73 Å². The first-order valence-electron chi connectivity index (χ1n) is 6.97. The summed E-state index contributed by atoms with van der Waals surface area (Å²) in [5.41, 5.74) is 5.96. The van der Waals surface area contributed by atoms with E-state index in [-0.39, 0.29) is 6.04 Å². The zero-order valence-corrected chi connectivity index (χ0v) is 10.9. The van der Waals surface area contributed by atoms with Crippen molar-refractivity contribution in [2.45, 2.75) is 71.3 Å². The first-order valence-corrected chi connectivity index (χ1v) is 6.97. The summed E-state index contributed by atoms with van der Waals surface area (Å²) in [5, 5.41) is 0. The Hall–Kier alpha value is -0.370. The maximum atomic E-state index is 12.2. The molecule has 1 fully saturated rings. The molecule has 0 saturated heterocycles. The number of carbonyl (C=O) groups is 1. The van der Waals surface area contributed by atoms with Crippen LogP contribution in [0.15, 0.2) is 0 Å². The third-order valence-corrected chi connectivity index (χ3v) is 3.97. The number of hydrogen-bond acceptors (Lipinski definition) is 2. The summed E-state index contributed by atoms with van der Waals surface area (Å²) in [4.78, 5) is 12.2. The molecule has 2 heteroatoms. The molecule has 2 N–H and O–H groups in total. The van der Waals surface area contributed by atoms with Crippen molar-refractivity contribution < 1.29 is 4.79 Å². The van der Waals surface area contributed by atoms with Gasteiger partial charge in [-0.05, 0) is 25.2 Å². The quantitative estimate of drug-likeness (QED) is 0.753. The molecule has 16 heavy (non-hydrogen) atoms. The van der Waals surface area contributed by atoms with Crippen LogP contribution in [0.25, 0.3) is 0 Å². The molecule has 0 amide bonds. The van der Waals surface area contributed by atoms with Gasteiger partial charge in [0.1, 0.15) is 5.78 Å². The van der Waals surface area contributed by atoms with Gasteiger partial charge in [-0.1, -0.05) is 39.5 Å². The molecular formula is C14H27NO. The van der Waals surface area contributed by atoms with E-state index in [0.29, 0.717) is 24.0 Å². The number of ketones is 1. The van der Waals surface area contributed by atoms with Crippen LogP contribution in [-0.2, 0) is 4.79 Å². The van der Waals surface area contributed by atoms with E-state index in [9.17, 15) is 4.79 Å². The fraction of sp³-hybridized carbons (Fsp3) is 0.929. The molecule has 0 aromatic carbocycles. The highest BCUT2D eigenvalue weighted by Crippen LogP contribution is 2.33. The number of Topliss-reactive ketones (excluding diaryl/α,β-unsaturated/α-hetero) is 1. The Morgan fingerprint density at radius 3 is 2.62 bits per heavy atom. The average Bonchev–Trinajstić information content (AvgIpc) is 2.29. The van der Waals surface area contributed by atoms with Crippen LogP contribution in [0.4, 0.5) is 0 Å². The van der Waals surface area contributed by atoms with Gasteiger partial charge in [-0.25, -0.2) is 0 Å². The molecule has 1 aliphatic rings. The first kappa shape index (κ1) is 13.7. The van der Waals surface area contributed by atoms with Gasteiger partial charge < -0.3 is 5.73 Å². The number of carbonyl (C=O) groups excluding carboxylic acids is 1. The second kappa shape index (κ2) is 7.05. The van der Waals surface area contributed by atoms with Crippen molar-refractivity contribution in [1.82, 2.24) is 0 Å². The lowest BCUT2D eigenvalue weighted by molar-refractivity contribution is -0.126. The van der Waals surface area contributed by atoms with E-state index in [1.165, 1.54) is 19.3 Å². The van der Waals surface area contributed by atoms with Gasteiger partial charge in [0.2, 0.25) is 0 Å². The lowest BCUT2D eigenvalue weighted by Gasteiger charge is -2.30. The van der Waals surface area contributed by atoms with Crippen molar-refractivity contribution >= 4 is 5.78 Å². The molecule has 1 saturated carbocycles. The average molecular weight is 225 g/mol. The van der Waals surface area contributed by atoms with Crippen molar-refractivity contribution in [2.75, 3.05) is 0 Å². The lowest BCUT2D eigenvalue weighted by atomic mass is 9.74. The van der Waals surface area contributed by atoms with Crippen LogP contribution in [0.1, 0.15) is 65.2 Å². The molecule has 3 unspecified atom stereocenters. The van der Waals surface area contributed by atoms with E-state index in [1.807, 2.05) is 0 Å². The molecule has 1 aliphatic carbocycles. The minimum absolute atomic E-state index is 0.0944. The van der Waals surface area contributed by atoms with Gasteiger partial charge in [0, 0.05) is 18.4 Å². The smallest absolute Gasteiger partial charge is 0.137 e. The minimum Gasteiger partial charge on any atom is -0.327 e. The highest BCUT2D eigenvalue weighted by Gasteiger charge is 2.29. The fourth-order valence-electron chi connectivity index (χ4n) is 3.00. The van der Waals surface area contributed by atoms with Crippen molar-refractivity contribution in [3.63, 3.8) is 0 Å². The molecule has 3 atom stereocenters. The monoisotopic (exact) mass is 225 g/mol. The van der Waals surface area contributed by atoms with Gasteiger partial charge in [-0.2, -0.15) is 0 Å². The Morgan fingerprint density at radius 1 is 1.31 bits per heavy atom. The Morgan fingerprint density at radius 2 is 2.00 bits per heavy atom. The molecule has 0 radical (unpaired) electrons. The molecule has 0 spiro atoms. The van der Waals surface area contributed by atoms with Crippen molar-refractivity contribution in [1.29, 1.82) is 0 Å². The maximum Gasteiger partial charge on any atom is 0.137 e. The van der Waals surface area contributed by atoms with Crippen LogP contribution < -0.4 is 5.73 Å². The van der Waals surface area contributed by atoms with Crippen LogP contribution >= 0.6 is 0 Å². The molecule has 0 heterocycles. The van der Waals surface area contributed by atoms with Crippen molar-refractivity contribution in [3.8, 4) is 0 Å². The Balaban J connectivity index is 2.44. The maximum absolute atomic E-state index is 12.2. The predicted octanol–water partition coefficient (Wildman–Crippen LogP) is 3.29. The molecule has 0 bridgehead atoms. The van der Waals surface area contributed by atoms with Gasteiger partial charge in [0.15, 0.2) is 0 Å². The topological polar surface area (TPSA) is 43.1 Å². The van der Waals surface area contributed by atoms with Crippen molar-refractivity contribution in [2.24, 2.45) is 17.6 Å². The van der Waals surface area contributed by atoms with Gasteiger partial charge in [0.05, 0.1) is 0 Å². The largest absolute Gasteiger partial charge is 0.327 e. The summed E-state index contributed by atoms with van der Waals surface area (Å²) in [6, 6.07) is 0.0944. The SMILES string of the molecule is CCCC(N)CC(=O)C1CCCCC1CC. The summed E-state index contributed by atoms with van der Waals surface area (Å²) in [7, 11) is 0. The summed E-state index contributed by atoms with van der Waals surface area (Å²) < 4.78 is 0. The van der Waals surface area contributed by atoms with E-state index >= 15 is 0 Å². The van der Waals surface area contributed by atoms with Gasteiger partial charge in [-0.15, -0.1) is 0 Å². The number of hydrogen-bond donors (Lipinski definition) is 1. The van der Waals surface area contributed by atoms with E-state index in [0.717, 1.165) is 25.7 Å². The number of nitrogens with two attached hydrogens (primary N) is 1. The lowest BCUT2D eigenvalue weighted by Crippen LogP contribution is -2.32. The van der Waals surface area contributed by atoms with Crippen LogP contribution in [-0.4, -0.2) is 11.8 Å². The first-order chi connectivity index (χ1) is 7.69. The molecule has 94 valence electrons. The second-order valence-corrected chi connectivity index (χ2v) is 5.28. The van der Waals surface area contributed by atoms with Gasteiger partial charge in [0.25, 0.3) is 0 Å². The highest BCUT2D eigenvalue weighted by molar-refractivity contribution is 5.81. The fourth-order valence-corrected chi connectivity index (χ4v) is 3.00. The van der Waals surface area contributed by atoms with E-state index < -0.39 is 0 Å². The van der Waals surface area contributed by atoms with Crippen molar-refractivity contribution in [3.05, 3.63) is 0 Å².